The second-order valence-electron chi connectivity index (χ2n) is 6.36. The van der Waals surface area contributed by atoms with Crippen LogP contribution in [-0.2, 0) is 9.53 Å². The molecule has 2 heterocycles. The van der Waals surface area contributed by atoms with Crippen LogP contribution in [-0.4, -0.2) is 61.8 Å². The molecule has 2 unspecified atom stereocenters. The van der Waals surface area contributed by atoms with Gasteiger partial charge in [0, 0.05) is 43.8 Å². The Morgan fingerprint density at radius 2 is 2.08 bits per heavy atom. The fraction of sp³-hybridized carbons (Fsp3) is 0.529. The van der Waals surface area contributed by atoms with E-state index < -0.39 is 0 Å². The van der Waals surface area contributed by atoms with Gasteiger partial charge in [0.15, 0.2) is 0 Å². The van der Waals surface area contributed by atoms with Gasteiger partial charge in [0.2, 0.25) is 5.91 Å². The predicted molar refractivity (Wildman–Crippen MR) is 98.0 cm³/mol. The van der Waals surface area contributed by atoms with Gasteiger partial charge in [0.05, 0.1) is 13.2 Å². The molecular formula is C17H24ClFN4O3. The van der Waals surface area contributed by atoms with Crippen LogP contribution in [0.15, 0.2) is 24.3 Å². The third kappa shape index (κ3) is 5.82. The Labute approximate surface area is 158 Å². The first-order chi connectivity index (χ1) is 12.1. The number of carbonyl (C=O) groups is 2. The van der Waals surface area contributed by atoms with E-state index in [4.69, 9.17) is 4.74 Å². The lowest BCUT2D eigenvalue weighted by Gasteiger charge is -2.25. The molecule has 0 aromatic heterocycles. The number of halogens is 2. The van der Waals surface area contributed by atoms with E-state index in [1.807, 2.05) is 0 Å². The number of benzene rings is 1. The molecule has 2 aliphatic heterocycles. The summed E-state index contributed by atoms with van der Waals surface area (Å²) in [6, 6.07) is 5.20. The van der Waals surface area contributed by atoms with Crippen LogP contribution in [0.25, 0.3) is 0 Å². The zero-order chi connectivity index (χ0) is 17.6. The van der Waals surface area contributed by atoms with Crippen LogP contribution in [0, 0.1) is 5.82 Å². The second kappa shape index (κ2) is 9.70. The van der Waals surface area contributed by atoms with Crippen molar-refractivity contribution in [1.29, 1.82) is 0 Å². The number of nitrogens with zero attached hydrogens (tertiary/aromatic N) is 1. The Hall–Kier alpha value is -1.90. The molecule has 0 aliphatic carbocycles. The van der Waals surface area contributed by atoms with E-state index in [0.29, 0.717) is 38.4 Å². The number of nitrogens with one attached hydrogen (secondary N) is 3. The van der Waals surface area contributed by atoms with Crippen molar-refractivity contribution in [2.75, 3.05) is 38.2 Å². The fourth-order valence-corrected chi connectivity index (χ4v) is 3.08. The molecule has 1 aromatic carbocycles. The largest absolute Gasteiger partial charge is 0.378 e. The molecule has 3 rings (SSSR count). The van der Waals surface area contributed by atoms with Crippen LogP contribution in [0.5, 0.6) is 0 Å². The lowest BCUT2D eigenvalue weighted by atomic mass is 10.2. The molecule has 0 bridgehead atoms. The summed E-state index contributed by atoms with van der Waals surface area (Å²) in [4.78, 5) is 26.1. The van der Waals surface area contributed by atoms with Gasteiger partial charge in [-0.2, -0.15) is 0 Å². The number of carbonyl (C=O) groups excluding carboxylic acids is 2. The topological polar surface area (TPSA) is 82.7 Å². The minimum absolute atomic E-state index is 0. The van der Waals surface area contributed by atoms with Gasteiger partial charge in [-0.3, -0.25) is 4.79 Å². The van der Waals surface area contributed by atoms with Crippen molar-refractivity contribution in [3.63, 3.8) is 0 Å². The summed E-state index contributed by atoms with van der Waals surface area (Å²) in [5, 5.41) is 8.78. The van der Waals surface area contributed by atoms with Crippen LogP contribution in [0.2, 0.25) is 0 Å². The van der Waals surface area contributed by atoms with Gasteiger partial charge >= 0.3 is 6.03 Å². The number of amides is 3. The highest BCUT2D eigenvalue weighted by atomic mass is 35.5. The zero-order valence-electron chi connectivity index (χ0n) is 14.4. The molecule has 26 heavy (non-hydrogen) atoms. The van der Waals surface area contributed by atoms with E-state index in [2.05, 4.69) is 16.0 Å². The van der Waals surface area contributed by atoms with Crippen LogP contribution in [0.4, 0.5) is 14.9 Å². The van der Waals surface area contributed by atoms with Crippen molar-refractivity contribution < 1.29 is 18.7 Å². The number of morpholine rings is 1. The Bertz CT molecular complexity index is 611. The number of hydrogen-bond donors (Lipinski definition) is 3. The molecule has 0 radical (unpaired) electrons. The van der Waals surface area contributed by atoms with Gasteiger partial charge in [0.25, 0.3) is 0 Å². The molecule has 0 saturated carbocycles. The molecule has 9 heteroatoms. The fourth-order valence-electron chi connectivity index (χ4n) is 3.08. The number of anilines is 1. The van der Waals surface area contributed by atoms with Gasteiger partial charge in [-0.05, 0) is 30.7 Å². The Balaban J connectivity index is 0.00000243. The second-order valence-corrected chi connectivity index (χ2v) is 6.36. The van der Waals surface area contributed by atoms with Gasteiger partial charge in [0.1, 0.15) is 5.82 Å². The Morgan fingerprint density at radius 3 is 2.77 bits per heavy atom. The first-order valence-corrected chi connectivity index (χ1v) is 8.52. The van der Waals surface area contributed by atoms with Crippen LogP contribution in [0.3, 0.4) is 0 Å². The van der Waals surface area contributed by atoms with Crippen molar-refractivity contribution in [1.82, 2.24) is 15.5 Å². The molecule has 2 saturated heterocycles. The highest BCUT2D eigenvalue weighted by Gasteiger charge is 2.29. The summed E-state index contributed by atoms with van der Waals surface area (Å²) in [6.07, 6.45) is 1.13. The molecule has 0 spiro atoms. The van der Waals surface area contributed by atoms with E-state index in [-0.39, 0.29) is 42.2 Å². The minimum atomic E-state index is -0.353. The SMILES string of the molecule is Cl.O=C(Nc1ccc(F)cc1)NC1CCN(C(=O)CC2COCCN2)C1. The number of ether oxygens (including phenoxy) is 1. The summed E-state index contributed by atoms with van der Waals surface area (Å²) in [5.41, 5.74) is 0.521. The van der Waals surface area contributed by atoms with E-state index >= 15 is 0 Å². The molecule has 2 aliphatic rings. The highest BCUT2D eigenvalue weighted by molar-refractivity contribution is 5.89. The van der Waals surface area contributed by atoms with E-state index in [1.54, 1.807) is 4.90 Å². The summed E-state index contributed by atoms with van der Waals surface area (Å²) >= 11 is 0. The van der Waals surface area contributed by atoms with Gasteiger partial charge < -0.3 is 25.6 Å². The Morgan fingerprint density at radius 1 is 1.31 bits per heavy atom. The lowest BCUT2D eigenvalue weighted by molar-refractivity contribution is -0.131. The molecular weight excluding hydrogens is 363 g/mol. The normalized spacial score (nSPS) is 22.4. The molecule has 3 amide bonds. The van der Waals surface area contributed by atoms with Gasteiger partial charge in [-0.1, -0.05) is 0 Å². The summed E-state index contributed by atoms with van der Waals surface area (Å²) < 4.78 is 18.2. The van der Waals surface area contributed by atoms with Crippen LogP contribution >= 0.6 is 12.4 Å². The van der Waals surface area contributed by atoms with Crippen molar-refractivity contribution in [2.45, 2.75) is 24.9 Å². The van der Waals surface area contributed by atoms with Crippen molar-refractivity contribution in [3.05, 3.63) is 30.1 Å². The summed E-state index contributed by atoms with van der Waals surface area (Å²) in [7, 11) is 0. The van der Waals surface area contributed by atoms with Gasteiger partial charge in [-0.15, -0.1) is 12.4 Å². The van der Waals surface area contributed by atoms with E-state index in [1.165, 1.54) is 24.3 Å². The molecule has 1 aromatic rings. The molecule has 144 valence electrons. The molecule has 3 N–H and O–H groups in total. The minimum Gasteiger partial charge on any atom is -0.378 e. The predicted octanol–water partition coefficient (Wildman–Crippen LogP) is 1.35. The van der Waals surface area contributed by atoms with Crippen LogP contribution < -0.4 is 16.0 Å². The van der Waals surface area contributed by atoms with Crippen molar-refractivity contribution in [3.8, 4) is 0 Å². The third-order valence-electron chi connectivity index (χ3n) is 4.40. The van der Waals surface area contributed by atoms with Crippen molar-refractivity contribution in [2.24, 2.45) is 0 Å². The monoisotopic (exact) mass is 386 g/mol. The van der Waals surface area contributed by atoms with Crippen molar-refractivity contribution >= 4 is 30.0 Å². The first kappa shape index (κ1) is 20.4. The average Bonchev–Trinajstić information content (AvgIpc) is 3.06. The van der Waals surface area contributed by atoms with E-state index in [0.717, 1.165) is 13.0 Å². The zero-order valence-corrected chi connectivity index (χ0v) is 15.2. The quantitative estimate of drug-likeness (QED) is 0.729. The lowest BCUT2D eigenvalue weighted by Crippen LogP contribution is -2.45. The number of rotatable bonds is 4. The maximum absolute atomic E-state index is 12.9. The number of urea groups is 1. The van der Waals surface area contributed by atoms with Crippen LogP contribution in [0.1, 0.15) is 12.8 Å². The van der Waals surface area contributed by atoms with Gasteiger partial charge in [-0.25, -0.2) is 9.18 Å². The Kier molecular flexibility index (Phi) is 7.62. The first-order valence-electron chi connectivity index (χ1n) is 8.52. The maximum atomic E-state index is 12.9. The maximum Gasteiger partial charge on any atom is 0.319 e. The molecule has 7 nitrogen and oxygen atoms in total. The summed E-state index contributed by atoms with van der Waals surface area (Å²) in [5.74, 6) is -0.278. The molecule has 2 fully saturated rings. The highest BCUT2D eigenvalue weighted by Crippen LogP contribution is 2.13. The van der Waals surface area contributed by atoms with E-state index in [9.17, 15) is 14.0 Å². The summed E-state index contributed by atoms with van der Waals surface area (Å²) in [6.45, 7) is 3.15. The number of hydrogen-bond acceptors (Lipinski definition) is 4. The smallest absolute Gasteiger partial charge is 0.319 e. The average molecular weight is 387 g/mol. The third-order valence-corrected chi connectivity index (χ3v) is 4.40. The molecule has 2 atom stereocenters. The standard InChI is InChI=1S/C17H23FN4O3.ClH/c18-12-1-3-13(4-2-12)20-17(24)21-14-5-7-22(10-14)16(23)9-15-11-25-8-6-19-15;/h1-4,14-15,19H,5-11H2,(H2,20,21,24);1H. The number of likely N-dealkylation sites (tertiary alicyclic amines) is 1.